The van der Waals surface area contributed by atoms with Gasteiger partial charge in [-0.15, -0.1) is 0 Å². The third kappa shape index (κ3) is 1.93. The van der Waals surface area contributed by atoms with E-state index in [9.17, 15) is 9.59 Å². The molecule has 2 rings (SSSR count). The predicted octanol–water partition coefficient (Wildman–Crippen LogP) is 2.37. The van der Waals surface area contributed by atoms with Gasteiger partial charge in [0.25, 0.3) is 0 Å². The Labute approximate surface area is 93.1 Å². The van der Waals surface area contributed by atoms with E-state index in [1.165, 1.54) is 6.20 Å². The van der Waals surface area contributed by atoms with Crippen LogP contribution in [-0.2, 0) is 0 Å². The molecule has 16 heavy (non-hydrogen) atoms. The summed E-state index contributed by atoms with van der Waals surface area (Å²) in [5.74, 6) is -0.104. The van der Waals surface area contributed by atoms with Crippen LogP contribution in [-0.4, -0.2) is 17.1 Å². The highest BCUT2D eigenvalue weighted by Gasteiger charge is 2.10. The number of aldehydes is 1. The number of benzene rings is 1. The lowest BCUT2D eigenvalue weighted by atomic mass is 10.1. The summed E-state index contributed by atoms with van der Waals surface area (Å²) in [6.07, 6.45) is 2.23. The molecule has 0 unspecified atom stereocenters. The van der Waals surface area contributed by atoms with E-state index in [4.69, 9.17) is 0 Å². The first kappa shape index (κ1) is 10.4. The normalized spacial score (nSPS) is 10.1. The molecule has 3 nitrogen and oxygen atoms in total. The Balaban J connectivity index is 2.31. The largest absolute Gasteiger partial charge is 0.358 e. The maximum atomic E-state index is 11.9. The Morgan fingerprint density at radius 1 is 1.25 bits per heavy atom. The maximum absolute atomic E-state index is 11.9. The van der Waals surface area contributed by atoms with Crippen molar-refractivity contribution in [3.8, 4) is 0 Å². The molecule has 1 aromatic carbocycles. The molecule has 2 aromatic rings. The van der Waals surface area contributed by atoms with Crippen molar-refractivity contribution in [1.29, 1.82) is 0 Å². The number of aromatic amines is 1. The average Bonchev–Trinajstić information content (AvgIpc) is 2.77. The second-order valence-corrected chi connectivity index (χ2v) is 3.66. The van der Waals surface area contributed by atoms with Gasteiger partial charge in [-0.3, -0.25) is 9.59 Å². The Bertz CT molecular complexity index is 523. The van der Waals surface area contributed by atoms with Gasteiger partial charge in [-0.05, 0) is 13.0 Å². The summed E-state index contributed by atoms with van der Waals surface area (Å²) < 4.78 is 0. The molecule has 0 spiro atoms. The van der Waals surface area contributed by atoms with Crippen molar-refractivity contribution >= 4 is 12.1 Å². The van der Waals surface area contributed by atoms with Crippen LogP contribution in [0.4, 0.5) is 0 Å². The molecule has 80 valence electrons. The second-order valence-electron chi connectivity index (χ2n) is 3.66. The van der Waals surface area contributed by atoms with Crippen LogP contribution in [0.1, 0.15) is 32.0 Å². The molecule has 3 heteroatoms. The van der Waals surface area contributed by atoms with Gasteiger partial charge in [0.2, 0.25) is 5.78 Å². The highest BCUT2D eigenvalue weighted by molar-refractivity contribution is 6.08. The van der Waals surface area contributed by atoms with E-state index in [-0.39, 0.29) is 5.78 Å². The van der Waals surface area contributed by atoms with Crippen LogP contribution in [0.25, 0.3) is 0 Å². The van der Waals surface area contributed by atoms with Crippen LogP contribution < -0.4 is 0 Å². The van der Waals surface area contributed by atoms with Gasteiger partial charge in [-0.25, -0.2) is 0 Å². The van der Waals surface area contributed by atoms with Crippen LogP contribution in [0, 0.1) is 6.92 Å². The van der Waals surface area contributed by atoms with Crippen LogP contribution in [0.3, 0.4) is 0 Å². The fourth-order valence-electron chi connectivity index (χ4n) is 1.47. The summed E-state index contributed by atoms with van der Waals surface area (Å²) in [6.45, 7) is 1.97. The molecular weight excluding hydrogens is 202 g/mol. The van der Waals surface area contributed by atoms with E-state index in [1.807, 2.05) is 19.1 Å². The van der Waals surface area contributed by atoms with E-state index in [1.54, 1.807) is 18.2 Å². The molecule has 1 N–H and O–H groups in total. The first-order valence-electron chi connectivity index (χ1n) is 4.95. The van der Waals surface area contributed by atoms with Gasteiger partial charge in [0, 0.05) is 17.3 Å². The lowest BCUT2D eigenvalue weighted by Crippen LogP contribution is -2.01. The Hall–Kier alpha value is -2.16. The first-order chi connectivity index (χ1) is 7.70. The van der Waals surface area contributed by atoms with Crippen LogP contribution in [0.5, 0.6) is 0 Å². The Morgan fingerprint density at radius 3 is 2.50 bits per heavy atom. The number of aromatic nitrogens is 1. The molecule has 0 atom stereocenters. The smallest absolute Gasteiger partial charge is 0.209 e. The van der Waals surface area contributed by atoms with Gasteiger partial charge >= 0.3 is 0 Å². The molecule has 0 aliphatic rings. The summed E-state index contributed by atoms with van der Waals surface area (Å²) in [4.78, 5) is 25.2. The quantitative estimate of drug-likeness (QED) is 0.628. The van der Waals surface area contributed by atoms with Gasteiger partial charge in [-0.1, -0.05) is 29.8 Å². The standard InChI is InChI=1S/C13H11NO2/c1-9-2-4-11(5-3-9)13(16)12-6-10(8-15)7-14-12/h2-8,14H,1H3. The number of carbonyl (C=O) groups excluding carboxylic acids is 2. The number of H-pyrrole nitrogens is 1. The van der Waals surface area contributed by atoms with Crippen LogP contribution in [0.15, 0.2) is 36.5 Å². The zero-order valence-electron chi connectivity index (χ0n) is 8.86. The number of hydrogen-bond acceptors (Lipinski definition) is 2. The zero-order valence-corrected chi connectivity index (χ0v) is 8.86. The van der Waals surface area contributed by atoms with Crippen LogP contribution >= 0.6 is 0 Å². The maximum Gasteiger partial charge on any atom is 0.209 e. The van der Waals surface area contributed by atoms with Crippen molar-refractivity contribution in [2.75, 3.05) is 0 Å². The highest BCUT2D eigenvalue weighted by Crippen LogP contribution is 2.10. The van der Waals surface area contributed by atoms with Gasteiger partial charge in [0.1, 0.15) is 0 Å². The zero-order chi connectivity index (χ0) is 11.5. The van der Waals surface area contributed by atoms with Crippen molar-refractivity contribution < 1.29 is 9.59 Å². The minimum absolute atomic E-state index is 0.104. The summed E-state index contributed by atoms with van der Waals surface area (Å²) in [5, 5.41) is 0. The number of ketones is 1. The van der Waals surface area contributed by atoms with Crippen molar-refractivity contribution in [3.63, 3.8) is 0 Å². The topological polar surface area (TPSA) is 49.9 Å². The lowest BCUT2D eigenvalue weighted by Gasteiger charge is -1.98. The lowest BCUT2D eigenvalue weighted by molar-refractivity contribution is 0.103. The third-order valence-electron chi connectivity index (χ3n) is 2.40. The molecule has 0 bridgehead atoms. The van der Waals surface area contributed by atoms with Gasteiger partial charge in [-0.2, -0.15) is 0 Å². The molecular formula is C13H11NO2. The Kier molecular flexibility index (Phi) is 2.68. The van der Waals surface area contributed by atoms with Gasteiger partial charge in [0.05, 0.1) is 5.69 Å². The van der Waals surface area contributed by atoms with E-state index in [2.05, 4.69) is 4.98 Å². The number of nitrogens with one attached hydrogen (secondary N) is 1. The van der Waals surface area contributed by atoms with E-state index in [0.717, 1.165) is 5.56 Å². The van der Waals surface area contributed by atoms with E-state index >= 15 is 0 Å². The summed E-state index contributed by atoms with van der Waals surface area (Å²) in [6, 6.07) is 8.88. The first-order valence-corrected chi connectivity index (χ1v) is 4.95. The van der Waals surface area contributed by atoms with Crippen molar-refractivity contribution in [3.05, 3.63) is 58.9 Å². The molecule has 1 aromatic heterocycles. The fraction of sp³-hybridized carbons (Fsp3) is 0.0769. The monoisotopic (exact) mass is 213 g/mol. The number of carbonyl (C=O) groups is 2. The van der Waals surface area contributed by atoms with Crippen LogP contribution in [0.2, 0.25) is 0 Å². The number of aryl methyl sites for hydroxylation is 1. The van der Waals surface area contributed by atoms with Crippen molar-refractivity contribution in [1.82, 2.24) is 4.98 Å². The summed E-state index contributed by atoms with van der Waals surface area (Å²) in [7, 11) is 0. The van der Waals surface area contributed by atoms with Gasteiger partial charge in [0.15, 0.2) is 6.29 Å². The van der Waals surface area contributed by atoms with Crippen molar-refractivity contribution in [2.24, 2.45) is 0 Å². The molecule has 0 saturated heterocycles. The molecule has 0 fully saturated rings. The minimum atomic E-state index is -0.104. The second kappa shape index (κ2) is 4.14. The van der Waals surface area contributed by atoms with Crippen molar-refractivity contribution in [2.45, 2.75) is 6.92 Å². The Morgan fingerprint density at radius 2 is 1.94 bits per heavy atom. The molecule has 0 aliphatic heterocycles. The van der Waals surface area contributed by atoms with E-state index in [0.29, 0.717) is 23.1 Å². The SMILES string of the molecule is Cc1ccc(C(=O)c2cc(C=O)c[nH]2)cc1. The minimum Gasteiger partial charge on any atom is -0.358 e. The van der Waals surface area contributed by atoms with E-state index < -0.39 is 0 Å². The van der Waals surface area contributed by atoms with Gasteiger partial charge < -0.3 is 4.98 Å². The number of rotatable bonds is 3. The molecule has 0 radical (unpaired) electrons. The molecule has 0 saturated carbocycles. The molecule has 0 aliphatic carbocycles. The molecule has 1 heterocycles. The average molecular weight is 213 g/mol. The molecule has 0 amide bonds. The summed E-state index contributed by atoms with van der Waals surface area (Å²) >= 11 is 0. The third-order valence-corrected chi connectivity index (χ3v) is 2.40. The highest BCUT2D eigenvalue weighted by atomic mass is 16.1. The predicted molar refractivity (Wildman–Crippen MR) is 60.8 cm³/mol. The summed E-state index contributed by atoms with van der Waals surface area (Å²) in [5.41, 5.74) is 2.64. The fourth-order valence-corrected chi connectivity index (χ4v) is 1.47. The number of hydrogen-bond donors (Lipinski definition) is 1.